The van der Waals surface area contributed by atoms with Crippen LogP contribution >= 0.6 is 0 Å². The van der Waals surface area contributed by atoms with E-state index >= 15 is 0 Å². The Labute approximate surface area is 130 Å². The lowest BCUT2D eigenvalue weighted by Crippen LogP contribution is -2.61. The van der Waals surface area contributed by atoms with Crippen LogP contribution in [0, 0.1) is 5.92 Å². The van der Waals surface area contributed by atoms with Crippen LogP contribution in [0.4, 0.5) is 0 Å². The van der Waals surface area contributed by atoms with Gasteiger partial charge < -0.3 is 5.73 Å². The Morgan fingerprint density at radius 3 is 2.62 bits per heavy atom. The van der Waals surface area contributed by atoms with Crippen LogP contribution in [0.5, 0.6) is 0 Å². The molecule has 1 aliphatic rings. The van der Waals surface area contributed by atoms with Gasteiger partial charge in [0.1, 0.15) is 0 Å². The number of benzene rings is 1. The van der Waals surface area contributed by atoms with Crippen LogP contribution in [0.1, 0.15) is 32.3 Å². The van der Waals surface area contributed by atoms with Crippen molar-refractivity contribution in [2.75, 3.05) is 33.2 Å². The van der Waals surface area contributed by atoms with Crippen molar-refractivity contribution in [3.05, 3.63) is 35.9 Å². The van der Waals surface area contributed by atoms with Crippen LogP contribution in [0.3, 0.4) is 0 Å². The van der Waals surface area contributed by atoms with Crippen molar-refractivity contribution in [3.63, 3.8) is 0 Å². The first-order valence-electron chi connectivity index (χ1n) is 8.23. The summed E-state index contributed by atoms with van der Waals surface area (Å²) in [5, 5.41) is 0. The van der Waals surface area contributed by atoms with E-state index in [0.717, 1.165) is 26.2 Å². The van der Waals surface area contributed by atoms with Crippen LogP contribution in [-0.2, 0) is 6.54 Å². The van der Waals surface area contributed by atoms with Gasteiger partial charge in [0.2, 0.25) is 0 Å². The van der Waals surface area contributed by atoms with Crippen LogP contribution in [-0.4, -0.2) is 48.6 Å². The SMILES string of the molecule is CC(C)CN(C)C1(CN)CCCN(Cc2ccccc2)C1. The molecule has 0 aliphatic carbocycles. The first kappa shape index (κ1) is 16.5. The number of rotatable bonds is 6. The van der Waals surface area contributed by atoms with Crippen molar-refractivity contribution < 1.29 is 0 Å². The molecule has 2 N–H and O–H groups in total. The molecule has 1 fully saturated rings. The third-order valence-corrected chi connectivity index (χ3v) is 4.71. The average molecular weight is 289 g/mol. The Balaban J connectivity index is 2.03. The number of nitrogens with zero attached hydrogens (tertiary/aromatic N) is 2. The summed E-state index contributed by atoms with van der Waals surface area (Å²) in [7, 11) is 2.25. The molecule has 1 saturated heterocycles. The van der Waals surface area contributed by atoms with Gasteiger partial charge in [-0.1, -0.05) is 44.2 Å². The van der Waals surface area contributed by atoms with Crippen LogP contribution in [0.15, 0.2) is 30.3 Å². The van der Waals surface area contributed by atoms with Gasteiger partial charge in [0.05, 0.1) is 0 Å². The standard InChI is InChI=1S/C18H31N3/c1-16(2)12-20(3)18(14-19)10-7-11-21(15-18)13-17-8-5-4-6-9-17/h4-6,8-9,16H,7,10-15,19H2,1-3H3. The summed E-state index contributed by atoms with van der Waals surface area (Å²) < 4.78 is 0. The predicted molar refractivity (Wildman–Crippen MR) is 90.2 cm³/mol. The van der Waals surface area contributed by atoms with E-state index in [-0.39, 0.29) is 5.54 Å². The van der Waals surface area contributed by atoms with Crippen molar-refractivity contribution in [3.8, 4) is 0 Å². The maximum Gasteiger partial charge on any atom is 0.0456 e. The van der Waals surface area contributed by atoms with Gasteiger partial charge in [-0.05, 0) is 37.9 Å². The Morgan fingerprint density at radius 1 is 1.29 bits per heavy atom. The van der Waals surface area contributed by atoms with E-state index in [1.54, 1.807) is 0 Å². The molecule has 0 saturated carbocycles. The molecule has 0 aromatic heterocycles. The zero-order valence-corrected chi connectivity index (χ0v) is 13.9. The maximum absolute atomic E-state index is 6.20. The summed E-state index contributed by atoms with van der Waals surface area (Å²) in [5.41, 5.74) is 7.75. The molecular formula is C18H31N3. The highest BCUT2D eigenvalue weighted by molar-refractivity contribution is 5.15. The quantitative estimate of drug-likeness (QED) is 0.873. The summed E-state index contributed by atoms with van der Waals surface area (Å²) in [5.74, 6) is 0.683. The fourth-order valence-corrected chi connectivity index (χ4v) is 3.56. The molecule has 0 amide bonds. The molecule has 1 heterocycles. The molecule has 0 bridgehead atoms. The molecule has 1 aromatic rings. The smallest absolute Gasteiger partial charge is 0.0456 e. The van der Waals surface area contributed by atoms with Crippen molar-refractivity contribution in [1.82, 2.24) is 9.80 Å². The second-order valence-electron chi connectivity index (χ2n) is 7.00. The Hall–Kier alpha value is -0.900. The van der Waals surface area contributed by atoms with Gasteiger partial charge in [-0.25, -0.2) is 0 Å². The Kier molecular flexibility index (Phi) is 5.80. The largest absolute Gasteiger partial charge is 0.329 e. The molecule has 21 heavy (non-hydrogen) atoms. The highest BCUT2D eigenvalue weighted by atomic mass is 15.3. The summed E-state index contributed by atoms with van der Waals surface area (Å²) in [6.07, 6.45) is 2.46. The van der Waals surface area contributed by atoms with Gasteiger partial charge in [0, 0.05) is 31.7 Å². The molecule has 2 rings (SSSR count). The highest BCUT2D eigenvalue weighted by Gasteiger charge is 2.37. The average Bonchev–Trinajstić information content (AvgIpc) is 2.47. The Morgan fingerprint density at radius 2 is 2.00 bits per heavy atom. The Bertz CT molecular complexity index is 418. The molecule has 0 spiro atoms. The number of piperidine rings is 1. The monoisotopic (exact) mass is 289 g/mol. The summed E-state index contributed by atoms with van der Waals surface area (Å²) in [6.45, 7) is 9.75. The fraction of sp³-hybridized carbons (Fsp3) is 0.667. The molecule has 1 atom stereocenters. The van der Waals surface area contributed by atoms with Gasteiger partial charge in [-0.2, -0.15) is 0 Å². The van der Waals surface area contributed by atoms with Crippen molar-refractivity contribution >= 4 is 0 Å². The summed E-state index contributed by atoms with van der Waals surface area (Å²) in [6, 6.07) is 10.8. The lowest BCUT2D eigenvalue weighted by atomic mass is 9.86. The van der Waals surface area contributed by atoms with E-state index in [1.165, 1.54) is 24.9 Å². The van der Waals surface area contributed by atoms with E-state index in [4.69, 9.17) is 5.73 Å². The van der Waals surface area contributed by atoms with Crippen molar-refractivity contribution in [2.45, 2.75) is 38.8 Å². The minimum atomic E-state index is 0.150. The number of nitrogens with two attached hydrogens (primary N) is 1. The van der Waals surface area contributed by atoms with Crippen molar-refractivity contribution in [1.29, 1.82) is 0 Å². The summed E-state index contributed by atoms with van der Waals surface area (Å²) >= 11 is 0. The van der Waals surface area contributed by atoms with Gasteiger partial charge in [0.25, 0.3) is 0 Å². The zero-order valence-electron chi connectivity index (χ0n) is 13.9. The molecule has 1 aliphatic heterocycles. The van der Waals surface area contributed by atoms with Crippen molar-refractivity contribution in [2.24, 2.45) is 11.7 Å². The van der Waals surface area contributed by atoms with E-state index in [2.05, 4.69) is 61.0 Å². The number of likely N-dealkylation sites (tertiary alicyclic amines) is 1. The zero-order chi connectivity index (χ0) is 15.3. The minimum absolute atomic E-state index is 0.150. The number of hydrogen-bond donors (Lipinski definition) is 1. The predicted octanol–water partition coefficient (Wildman–Crippen LogP) is 2.57. The van der Waals surface area contributed by atoms with Gasteiger partial charge in [-0.3, -0.25) is 9.80 Å². The fourth-order valence-electron chi connectivity index (χ4n) is 3.56. The number of hydrogen-bond acceptors (Lipinski definition) is 3. The first-order valence-corrected chi connectivity index (χ1v) is 8.23. The third-order valence-electron chi connectivity index (χ3n) is 4.71. The normalized spacial score (nSPS) is 23.9. The molecule has 118 valence electrons. The minimum Gasteiger partial charge on any atom is -0.329 e. The lowest BCUT2D eigenvalue weighted by Gasteiger charge is -2.48. The highest BCUT2D eigenvalue weighted by Crippen LogP contribution is 2.27. The second-order valence-corrected chi connectivity index (χ2v) is 7.00. The molecule has 3 heteroatoms. The first-order chi connectivity index (χ1) is 10.1. The third kappa shape index (κ3) is 4.29. The van der Waals surface area contributed by atoms with Crippen LogP contribution in [0.2, 0.25) is 0 Å². The van der Waals surface area contributed by atoms with E-state index in [1.807, 2.05) is 0 Å². The van der Waals surface area contributed by atoms with E-state index < -0.39 is 0 Å². The maximum atomic E-state index is 6.20. The molecular weight excluding hydrogens is 258 g/mol. The summed E-state index contributed by atoms with van der Waals surface area (Å²) in [4.78, 5) is 5.08. The van der Waals surface area contributed by atoms with E-state index in [0.29, 0.717) is 5.92 Å². The number of likely N-dealkylation sites (N-methyl/N-ethyl adjacent to an activating group) is 1. The molecule has 1 aromatic carbocycles. The lowest BCUT2D eigenvalue weighted by molar-refractivity contribution is 0.0240. The molecule has 3 nitrogen and oxygen atoms in total. The van der Waals surface area contributed by atoms with Gasteiger partial charge in [0.15, 0.2) is 0 Å². The topological polar surface area (TPSA) is 32.5 Å². The molecule has 0 radical (unpaired) electrons. The van der Waals surface area contributed by atoms with Crippen LogP contribution < -0.4 is 5.73 Å². The van der Waals surface area contributed by atoms with Crippen LogP contribution in [0.25, 0.3) is 0 Å². The van der Waals surface area contributed by atoms with Gasteiger partial charge in [-0.15, -0.1) is 0 Å². The molecule has 1 unspecified atom stereocenters. The second kappa shape index (κ2) is 7.39. The van der Waals surface area contributed by atoms with E-state index in [9.17, 15) is 0 Å². The van der Waals surface area contributed by atoms with Gasteiger partial charge >= 0.3 is 0 Å².